The maximum atomic E-state index is 4.79. The lowest BCUT2D eigenvalue weighted by atomic mass is 9.98. The lowest BCUT2D eigenvalue weighted by Gasteiger charge is -2.14. The first-order chi connectivity index (χ1) is 9.58. The van der Waals surface area contributed by atoms with Gasteiger partial charge in [-0.2, -0.15) is 0 Å². The van der Waals surface area contributed by atoms with Crippen molar-refractivity contribution in [1.82, 2.24) is 9.97 Å². The maximum absolute atomic E-state index is 4.79. The highest BCUT2D eigenvalue weighted by Gasteiger charge is 2.13. The molecule has 0 unspecified atom stereocenters. The van der Waals surface area contributed by atoms with E-state index in [1.165, 1.54) is 16.7 Å². The van der Waals surface area contributed by atoms with E-state index >= 15 is 0 Å². The number of nitrogens with one attached hydrogen (secondary N) is 1. The van der Waals surface area contributed by atoms with E-state index in [0.717, 1.165) is 35.7 Å². The summed E-state index contributed by atoms with van der Waals surface area (Å²) in [5, 5.41) is 3.19. The van der Waals surface area contributed by atoms with Crippen LogP contribution < -0.4 is 5.32 Å². The van der Waals surface area contributed by atoms with Crippen molar-refractivity contribution in [1.29, 1.82) is 0 Å². The molecule has 0 aliphatic heterocycles. The molecule has 106 valence electrons. The normalized spacial score (nSPS) is 10.7. The standard InChI is InChI=1S/C17H23N3/c1-6-8-15-19-16(13(4)17(18-5)20-15)14-10-7-9-11(2)12(14)3/h7,9-10H,6,8H2,1-5H3,(H,18,19,20). The van der Waals surface area contributed by atoms with E-state index in [1.54, 1.807) is 0 Å². The summed E-state index contributed by atoms with van der Waals surface area (Å²) in [6.07, 6.45) is 1.96. The van der Waals surface area contributed by atoms with Gasteiger partial charge in [0, 0.05) is 24.6 Å². The van der Waals surface area contributed by atoms with Crippen molar-refractivity contribution in [2.24, 2.45) is 0 Å². The first kappa shape index (κ1) is 14.5. The summed E-state index contributed by atoms with van der Waals surface area (Å²) in [4.78, 5) is 9.39. The Kier molecular flexibility index (Phi) is 4.38. The largest absolute Gasteiger partial charge is 0.373 e. The van der Waals surface area contributed by atoms with Crippen LogP contribution in [0, 0.1) is 20.8 Å². The van der Waals surface area contributed by atoms with Crippen LogP contribution in [0.15, 0.2) is 18.2 Å². The van der Waals surface area contributed by atoms with Crippen LogP contribution in [0.4, 0.5) is 5.82 Å². The van der Waals surface area contributed by atoms with Crippen LogP contribution in [0.1, 0.15) is 35.9 Å². The summed E-state index contributed by atoms with van der Waals surface area (Å²) in [6.45, 7) is 8.53. The zero-order valence-corrected chi connectivity index (χ0v) is 13.0. The molecule has 1 N–H and O–H groups in total. The molecule has 0 spiro atoms. The molecule has 0 saturated carbocycles. The highest BCUT2D eigenvalue weighted by molar-refractivity contribution is 5.71. The molecule has 3 nitrogen and oxygen atoms in total. The predicted molar refractivity (Wildman–Crippen MR) is 85.2 cm³/mol. The first-order valence-electron chi connectivity index (χ1n) is 7.20. The van der Waals surface area contributed by atoms with Crippen LogP contribution in [-0.2, 0) is 6.42 Å². The molecule has 20 heavy (non-hydrogen) atoms. The van der Waals surface area contributed by atoms with Crippen LogP contribution in [0.3, 0.4) is 0 Å². The molecular weight excluding hydrogens is 246 g/mol. The Morgan fingerprint density at radius 1 is 1.05 bits per heavy atom. The third kappa shape index (κ3) is 2.67. The molecule has 1 aromatic heterocycles. The average Bonchev–Trinajstić information content (AvgIpc) is 2.44. The third-order valence-electron chi connectivity index (χ3n) is 3.76. The van der Waals surface area contributed by atoms with Crippen molar-refractivity contribution in [2.75, 3.05) is 12.4 Å². The quantitative estimate of drug-likeness (QED) is 0.909. The summed E-state index contributed by atoms with van der Waals surface area (Å²) in [5.74, 6) is 1.85. The lowest BCUT2D eigenvalue weighted by Crippen LogP contribution is -2.06. The Morgan fingerprint density at radius 2 is 1.80 bits per heavy atom. The van der Waals surface area contributed by atoms with Gasteiger partial charge < -0.3 is 5.32 Å². The third-order valence-corrected chi connectivity index (χ3v) is 3.76. The second kappa shape index (κ2) is 6.04. The van der Waals surface area contributed by atoms with Gasteiger partial charge in [0.1, 0.15) is 11.6 Å². The van der Waals surface area contributed by atoms with Gasteiger partial charge in [-0.25, -0.2) is 9.97 Å². The lowest BCUT2D eigenvalue weighted by molar-refractivity contribution is 0.834. The van der Waals surface area contributed by atoms with Gasteiger partial charge in [0.25, 0.3) is 0 Å². The first-order valence-corrected chi connectivity index (χ1v) is 7.20. The summed E-state index contributed by atoms with van der Waals surface area (Å²) in [6, 6.07) is 6.38. The summed E-state index contributed by atoms with van der Waals surface area (Å²) < 4.78 is 0. The van der Waals surface area contributed by atoms with Crippen molar-refractivity contribution < 1.29 is 0 Å². The summed E-state index contributed by atoms with van der Waals surface area (Å²) in [7, 11) is 1.91. The number of hydrogen-bond acceptors (Lipinski definition) is 3. The molecule has 0 fully saturated rings. The van der Waals surface area contributed by atoms with E-state index < -0.39 is 0 Å². The monoisotopic (exact) mass is 269 g/mol. The fourth-order valence-electron chi connectivity index (χ4n) is 2.41. The summed E-state index contributed by atoms with van der Waals surface area (Å²) in [5.41, 5.74) is 5.95. The van der Waals surface area contributed by atoms with Gasteiger partial charge in [0.15, 0.2) is 0 Å². The molecular formula is C17H23N3. The Labute approximate surface area is 121 Å². The van der Waals surface area contributed by atoms with Crippen LogP contribution in [0.5, 0.6) is 0 Å². The van der Waals surface area contributed by atoms with Crippen molar-refractivity contribution in [3.63, 3.8) is 0 Å². The molecule has 2 rings (SSSR count). The Hall–Kier alpha value is -1.90. The SMILES string of the molecule is CCCc1nc(NC)c(C)c(-c2cccc(C)c2C)n1. The zero-order valence-electron chi connectivity index (χ0n) is 13.0. The maximum Gasteiger partial charge on any atom is 0.132 e. The number of aryl methyl sites for hydroxylation is 2. The molecule has 0 bridgehead atoms. The second-order valence-electron chi connectivity index (χ2n) is 5.21. The van der Waals surface area contributed by atoms with Crippen molar-refractivity contribution in [3.05, 3.63) is 40.7 Å². The number of benzene rings is 1. The Balaban J connectivity index is 2.65. The molecule has 0 atom stereocenters. The fraction of sp³-hybridized carbons (Fsp3) is 0.412. The minimum atomic E-state index is 0.910. The number of nitrogens with zero attached hydrogens (tertiary/aromatic N) is 2. The van der Waals surface area contributed by atoms with Gasteiger partial charge in [-0.05, 0) is 38.3 Å². The molecule has 0 aliphatic carbocycles. The van der Waals surface area contributed by atoms with Gasteiger partial charge in [-0.3, -0.25) is 0 Å². The fourth-order valence-corrected chi connectivity index (χ4v) is 2.41. The Bertz CT molecular complexity index is 618. The molecule has 1 heterocycles. The van der Waals surface area contributed by atoms with Crippen LogP contribution in [0.25, 0.3) is 11.3 Å². The molecule has 0 radical (unpaired) electrons. The van der Waals surface area contributed by atoms with E-state index in [-0.39, 0.29) is 0 Å². The van der Waals surface area contributed by atoms with Crippen LogP contribution in [0.2, 0.25) is 0 Å². The minimum Gasteiger partial charge on any atom is -0.373 e. The molecule has 2 aromatic rings. The predicted octanol–water partition coefficient (Wildman–Crippen LogP) is 4.06. The average molecular weight is 269 g/mol. The van der Waals surface area contributed by atoms with Crippen LogP contribution >= 0.6 is 0 Å². The second-order valence-corrected chi connectivity index (χ2v) is 5.21. The van der Waals surface area contributed by atoms with Gasteiger partial charge in [-0.15, -0.1) is 0 Å². The van der Waals surface area contributed by atoms with Gasteiger partial charge >= 0.3 is 0 Å². The molecule has 0 amide bonds. The van der Waals surface area contributed by atoms with E-state index in [0.29, 0.717) is 0 Å². The molecule has 3 heteroatoms. The van der Waals surface area contributed by atoms with Crippen molar-refractivity contribution in [3.8, 4) is 11.3 Å². The molecule has 0 aliphatic rings. The minimum absolute atomic E-state index is 0.910. The number of rotatable bonds is 4. The van der Waals surface area contributed by atoms with Crippen molar-refractivity contribution in [2.45, 2.75) is 40.5 Å². The summed E-state index contributed by atoms with van der Waals surface area (Å²) >= 11 is 0. The molecule has 0 saturated heterocycles. The van der Waals surface area contributed by atoms with Gasteiger partial charge in [0.05, 0.1) is 5.69 Å². The van der Waals surface area contributed by atoms with Crippen molar-refractivity contribution >= 4 is 5.82 Å². The van der Waals surface area contributed by atoms with E-state index in [9.17, 15) is 0 Å². The number of aromatic nitrogens is 2. The highest BCUT2D eigenvalue weighted by Crippen LogP contribution is 2.29. The van der Waals surface area contributed by atoms with Gasteiger partial charge in [0.2, 0.25) is 0 Å². The van der Waals surface area contributed by atoms with E-state index in [2.05, 4.69) is 56.2 Å². The topological polar surface area (TPSA) is 37.8 Å². The van der Waals surface area contributed by atoms with E-state index in [1.807, 2.05) is 7.05 Å². The number of anilines is 1. The van der Waals surface area contributed by atoms with Crippen LogP contribution in [-0.4, -0.2) is 17.0 Å². The molecule has 1 aromatic carbocycles. The number of hydrogen-bond donors (Lipinski definition) is 1. The zero-order chi connectivity index (χ0) is 14.7. The highest BCUT2D eigenvalue weighted by atomic mass is 15.0. The van der Waals surface area contributed by atoms with E-state index in [4.69, 9.17) is 4.98 Å². The Morgan fingerprint density at radius 3 is 2.45 bits per heavy atom. The van der Waals surface area contributed by atoms with Gasteiger partial charge in [-0.1, -0.05) is 25.1 Å². The smallest absolute Gasteiger partial charge is 0.132 e.